The van der Waals surface area contributed by atoms with Crippen LogP contribution in [0.25, 0.3) is 22.2 Å². The Labute approximate surface area is 227 Å². The second-order valence-corrected chi connectivity index (χ2v) is 10.6. The molecular weight excluding hydrogens is 493 g/mol. The summed E-state index contributed by atoms with van der Waals surface area (Å²) >= 11 is 0. The Morgan fingerprint density at radius 1 is 0.949 bits per heavy atom. The number of aromatic nitrogens is 2. The first kappa shape index (κ1) is 25.2. The number of carbonyl (C=O) groups excluding carboxylic acids is 2. The van der Waals surface area contributed by atoms with Crippen molar-refractivity contribution in [1.29, 1.82) is 0 Å². The molecule has 0 saturated carbocycles. The number of anilines is 1. The van der Waals surface area contributed by atoms with Crippen LogP contribution in [0.3, 0.4) is 0 Å². The Bertz CT molecular complexity index is 1480. The highest BCUT2D eigenvalue weighted by molar-refractivity contribution is 5.99. The predicted octanol–water partition coefficient (Wildman–Crippen LogP) is 5.04. The van der Waals surface area contributed by atoms with Gasteiger partial charge in [-0.1, -0.05) is 42.5 Å². The van der Waals surface area contributed by atoms with Crippen LogP contribution in [0.5, 0.6) is 0 Å². The normalized spacial score (nSPS) is 18.5. The van der Waals surface area contributed by atoms with Gasteiger partial charge in [0.05, 0.1) is 23.7 Å². The van der Waals surface area contributed by atoms with E-state index in [0.717, 1.165) is 59.2 Å². The van der Waals surface area contributed by atoms with Crippen molar-refractivity contribution in [3.63, 3.8) is 0 Å². The maximum absolute atomic E-state index is 13.6. The number of nitrogens with zero attached hydrogens (tertiary/aromatic N) is 3. The molecule has 39 heavy (non-hydrogen) atoms. The first-order valence-electron chi connectivity index (χ1n) is 13.6. The van der Waals surface area contributed by atoms with E-state index in [1.807, 2.05) is 59.5 Å². The topological polar surface area (TPSA) is 81.3 Å². The number of H-pyrrole nitrogens is 1. The van der Waals surface area contributed by atoms with Crippen molar-refractivity contribution in [2.75, 3.05) is 38.0 Å². The van der Waals surface area contributed by atoms with Gasteiger partial charge in [-0.05, 0) is 67.6 Å². The zero-order valence-electron chi connectivity index (χ0n) is 21.8. The Morgan fingerprint density at radius 2 is 1.77 bits per heavy atom. The van der Waals surface area contributed by atoms with E-state index >= 15 is 0 Å². The van der Waals surface area contributed by atoms with E-state index in [-0.39, 0.29) is 29.5 Å². The molecule has 2 aliphatic rings. The number of benzene rings is 3. The van der Waals surface area contributed by atoms with Crippen molar-refractivity contribution in [2.45, 2.75) is 25.2 Å². The first-order chi connectivity index (χ1) is 19.0. The molecule has 4 aromatic rings. The summed E-state index contributed by atoms with van der Waals surface area (Å²) in [7, 11) is 0. The van der Waals surface area contributed by atoms with E-state index in [1.54, 1.807) is 12.1 Å². The highest BCUT2D eigenvalue weighted by Crippen LogP contribution is 2.30. The van der Waals surface area contributed by atoms with E-state index in [4.69, 9.17) is 0 Å². The lowest BCUT2D eigenvalue weighted by atomic mass is 9.89. The van der Waals surface area contributed by atoms with Gasteiger partial charge in [-0.2, -0.15) is 5.10 Å². The lowest BCUT2D eigenvalue weighted by molar-refractivity contribution is -0.133. The van der Waals surface area contributed by atoms with Gasteiger partial charge in [0.2, 0.25) is 11.8 Å². The summed E-state index contributed by atoms with van der Waals surface area (Å²) in [6.45, 7) is 2.98. The van der Waals surface area contributed by atoms with Crippen LogP contribution in [0.4, 0.5) is 10.1 Å². The number of rotatable bonds is 6. The number of amides is 2. The average molecular weight is 526 g/mol. The van der Waals surface area contributed by atoms with Gasteiger partial charge in [-0.25, -0.2) is 4.39 Å². The van der Waals surface area contributed by atoms with E-state index in [2.05, 4.69) is 20.4 Å². The lowest BCUT2D eigenvalue weighted by Crippen LogP contribution is -2.43. The van der Waals surface area contributed by atoms with Crippen LogP contribution in [0.15, 0.2) is 72.8 Å². The third-order valence-electron chi connectivity index (χ3n) is 8.05. The van der Waals surface area contributed by atoms with Gasteiger partial charge >= 0.3 is 0 Å². The second-order valence-electron chi connectivity index (χ2n) is 10.6. The number of halogens is 1. The highest BCUT2D eigenvalue weighted by Gasteiger charge is 2.31. The smallest absolute Gasteiger partial charge is 0.236 e. The van der Waals surface area contributed by atoms with Gasteiger partial charge in [-0.15, -0.1) is 0 Å². The third kappa shape index (κ3) is 5.56. The maximum Gasteiger partial charge on any atom is 0.236 e. The van der Waals surface area contributed by atoms with E-state index in [1.165, 1.54) is 6.07 Å². The molecule has 0 unspecified atom stereocenters. The Morgan fingerprint density at radius 3 is 2.56 bits per heavy atom. The van der Waals surface area contributed by atoms with Crippen molar-refractivity contribution >= 4 is 28.4 Å². The fraction of sp³-hybridized carbons (Fsp3) is 0.323. The van der Waals surface area contributed by atoms with Gasteiger partial charge in [0.25, 0.3) is 0 Å². The number of likely N-dealkylation sites (tertiary alicyclic amines) is 2. The van der Waals surface area contributed by atoms with Crippen LogP contribution in [-0.4, -0.2) is 64.5 Å². The number of nitrogens with one attached hydrogen (secondary N) is 2. The molecule has 6 rings (SSSR count). The number of fused-ring (bicyclic) bond motifs is 1. The number of aromatic amines is 1. The summed E-state index contributed by atoms with van der Waals surface area (Å²) in [6, 6.07) is 22.5. The van der Waals surface area contributed by atoms with Crippen LogP contribution >= 0.6 is 0 Å². The fourth-order valence-electron chi connectivity index (χ4n) is 5.86. The monoisotopic (exact) mass is 525 g/mol. The summed E-state index contributed by atoms with van der Waals surface area (Å²) in [5.41, 5.74) is 4.53. The standard InChI is InChI=1S/C31H32FN5O2/c32-25-8-4-7-23(17-25)21-12-15-37(16-13-21)29(38)20-36-14-11-24(19-36)31(39)33-26-9-10-28-27(18-26)30(35-34-28)22-5-2-1-3-6-22/h1-10,17-18,21,24H,11-16,19-20H2,(H,33,39)(H,34,35)/t24-/m1/s1. The molecule has 2 N–H and O–H groups in total. The first-order valence-corrected chi connectivity index (χ1v) is 13.6. The molecule has 200 valence electrons. The summed E-state index contributed by atoms with van der Waals surface area (Å²) in [4.78, 5) is 30.1. The van der Waals surface area contributed by atoms with E-state index in [0.29, 0.717) is 26.2 Å². The molecular formula is C31H32FN5O2. The number of hydrogen-bond donors (Lipinski definition) is 2. The molecule has 2 amide bonds. The quantitative estimate of drug-likeness (QED) is 0.370. The summed E-state index contributed by atoms with van der Waals surface area (Å²) in [5.74, 6) is -0.00466. The summed E-state index contributed by atoms with van der Waals surface area (Å²) in [5, 5.41) is 11.6. The van der Waals surface area contributed by atoms with Crippen LogP contribution in [0.2, 0.25) is 0 Å². The zero-order valence-corrected chi connectivity index (χ0v) is 21.8. The van der Waals surface area contributed by atoms with Gasteiger partial charge < -0.3 is 10.2 Å². The largest absolute Gasteiger partial charge is 0.342 e. The van der Waals surface area contributed by atoms with Crippen molar-refractivity contribution < 1.29 is 14.0 Å². The molecule has 2 saturated heterocycles. The Balaban J connectivity index is 1.02. The lowest BCUT2D eigenvalue weighted by Gasteiger charge is -2.33. The predicted molar refractivity (Wildman–Crippen MR) is 150 cm³/mol. The van der Waals surface area contributed by atoms with Gasteiger partial charge in [0.1, 0.15) is 5.82 Å². The molecule has 0 bridgehead atoms. The average Bonchev–Trinajstić information content (AvgIpc) is 3.61. The Kier molecular flexibility index (Phi) is 7.11. The van der Waals surface area contributed by atoms with Crippen LogP contribution < -0.4 is 5.32 Å². The molecule has 7 nitrogen and oxygen atoms in total. The third-order valence-corrected chi connectivity index (χ3v) is 8.05. The fourth-order valence-corrected chi connectivity index (χ4v) is 5.86. The highest BCUT2D eigenvalue weighted by atomic mass is 19.1. The van der Waals surface area contributed by atoms with Crippen LogP contribution in [-0.2, 0) is 9.59 Å². The summed E-state index contributed by atoms with van der Waals surface area (Å²) < 4.78 is 13.6. The maximum atomic E-state index is 13.6. The van der Waals surface area contributed by atoms with Crippen LogP contribution in [0.1, 0.15) is 30.7 Å². The Hall–Kier alpha value is -4.04. The molecule has 1 atom stereocenters. The molecule has 0 radical (unpaired) electrons. The SMILES string of the molecule is O=C(Nc1ccc2[nH]nc(-c3ccccc3)c2c1)[C@@H]1CCN(CC(=O)N2CCC(c3cccc(F)c3)CC2)C1. The van der Waals surface area contributed by atoms with Gasteiger partial charge in [-0.3, -0.25) is 19.6 Å². The number of piperidine rings is 1. The molecule has 0 spiro atoms. The van der Waals surface area contributed by atoms with Gasteiger partial charge in [0, 0.05) is 36.3 Å². The summed E-state index contributed by atoms with van der Waals surface area (Å²) in [6.07, 6.45) is 2.41. The molecule has 3 aromatic carbocycles. The minimum Gasteiger partial charge on any atom is -0.342 e. The molecule has 2 fully saturated rings. The molecule has 1 aromatic heterocycles. The van der Waals surface area contributed by atoms with E-state index < -0.39 is 0 Å². The van der Waals surface area contributed by atoms with Crippen molar-refractivity contribution in [3.05, 3.63) is 84.2 Å². The van der Waals surface area contributed by atoms with Crippen molar-refractivity contribution in [2.24, 2.45) is 5.92 Å². The molecule has 2 aliphatic heterocycles. The minimum atomic E-state index is -0.211. The molecule has 0 aliphatic carbocycles. The van der Waals surface area contributed by atoms with Crippen LogP contribution in [0, 0.1) is 11.7 Å². The molecule has 8 heteroatoms. The van der Waals surface area contributed by atoms with Crippen molar-refractivity contribution in [3.8, 4) is 11.3 Å². The van der Waals surface area contributed by atoms with Gasteiger partial charge in [0.15, 0.2) is 0 Å². The second kappa shape index (κ2) is 11.0. The minimum absolute atomic E-state index is 0.0232. The number of hydrogen-bond acceptors (Lipinski definition) is 4. The number of carbonyl (C=O) groups is 2. The van der Waals surface area contributed by atoms with E-state index in [9.17, 15) is 14.0 Å². The zero-order chi connectivity index (χ0) is 26.8. The molecule has 3 heterocycles. The van der Waals surface area contributed by atoms with Crippen molar-refractivity contribution in [1.82, 2.24) is 20.0 Å².